The van der Waals surface area contributed by atoms with Crippen molar-refractivity contribution >= 4 is 0 Å². The van der Waals surface area contributed by atoms with Gasteiger partial charge in [0.05, 0.1) is 27.7 Å². The lowest BCUT2D eigenvalue weighted by molar-refractivity contribution is -0.468. The number of rotatable bonds is 2. The highest BCUT2D eigenvalue weighted by atomic mass is 16.6. The first-order valence-corrected chi connectivity index (χ1v) is 5.00. The second-order valence-corrected chi connectivity index (χ2v) is 3.67. The molecule has 0 aromatic heterocycles. The van der Waals surface area contributed by atoms with Crippen molar-refractivity contribution < 1.29 is 20.1 Å². The van der Waals surface area contributed by atoms with Crippen LogP contribution in [0.2, 0.25) is 0 Å². The fourth-order valence-corrected chi connectivity index (χ4v) is 1.63. The third kappa shape index (κ3) is 2.18. The number of aliphatic hydroxyl groups is 2. The Hall–Kier alpha value is -3.04. The Balaban J connectivity index is 2.53. The van der Waals surface area contributed by atoms with Crippen LogP contribution >= 0.6 is 0 Å². The molecule has 2 aliphatic rings. The molecule has 0 radical (unpaired) electrons. The molecule has 100 valence electrons. The Morgan fingerprint density at radius 1 is 1.05 bits per heavy atom. The van der Waals surface area contributed by atoms with E-state index in [0.29, 0.717) is 0 Å². The van der Waals surface area contributed by atoms with Gasteiger partial charge in [-0.3, -0.25) is 20.2 Å². The molecule has 0 aromatic carbocycles. The maximum absolute atomic E-state index is 10.8. The van der Waals surface area contributed by atoms with Crippen LogP contribution in [0.15, 0.2) is 46.7 Å². The Bertz CT molecular complexity index is 600. The summed E-state index contributed by atoms with van der Waals surface area (Å²) in [5.74, 6) is -1.20. The van der Waals surface area contributed by atoms with Crippen molar-refractivity contribution in [3.8, 4) is 0 Å². The van der Waals surface area contributed by atoms with Gasteiger partial charge in [-0.1, -0.05) is 0 Å². The SMILES string of the molecule is O=[N+]([O-])C1=C([N+](=O)[O-])CC=C2NC(O)=C(O)NC2=C1. The number of nitrogens with one attached hydrogen (secondary N) is 2. The van der Waals surface area contributed by atoms with E-state index in [9.17, 15) is 30.4 Å². The Morgan fingerprint density at radius 3 is 2.16 bits per heavy atom. The number of nitro groups is 2. The molecule has 10 heteroatoms. The summed E-state index contributed by atoms with van der Waals surface area (Å²) in [6, 6.07) is 0. The summed E-state index contributed by atoms with van der Waals surface area (Å²) < 4.78 is 0. The van der Waals surface area contributed by atoms with Gasteiger partial charge in [0.1, 0.15) is 0 Å². The van der Waals surface area contributed by atoms with Crippen LogP contribution in [-0.2, 0) is 0 Å². The highest BCUT2D eigenvalue weighted by molar-refractivity contribution is 5.42. The van der Waals surface area contributed by atoms with E-state index in [1.807, 2.05) is 0 Å². The minimum Gasteiger partial charge on any atom is -0.491 e. The Kier molecular flexibility index (Phi) is 2.83. The molecule has 1 aliphatic carbocycles. The third-order valence-corrected chi connectivity index (χ3v) is 2.51. The molecule has 10 nitrogen and oxygen atoms in total. The fraction of sp³-hybridized carbons (Fsp3) is 0.111. The maximum atomic E-state index is 10.8. The number of hydrogen-bond donors (Lipinski definition) is 4. The quantitative estimate of drug-likeness (QED) is 0.414. The first-order valence-electron chi connectivity index (χ1n) is 5.00. The summed E-state index contributed by atoms with van der Waals surface area (Å²) in [6.45, 7) is 0. The summed E-state index contributed by atoms with van der Waals surface area (Å²) in [6.07, 6.45) is 1.93. The second kappa shape index (κ2) is 4.33. The fourth-order valence-electron chi connectivity index (χ4n) is 1.63. The molecule has 0 unspecified atom stereocenters. The number of aliphatic hydroxyl groups excluding tert-OH is 2. The molecule has 0 saturated carbocycles. The van der Waals surface area contributed by atoms with E-state index in [1.165, 1.54) is 6.08 Å². The van der Waals surface area contributed by atoms with Crippen molar-refractivity contribution in [1.29, 1.82) is 0 Å². The summed E-state index contributed by atoms with van der Waals surface area (Å²) >= 11 is 0. The van der Waals surface area contributed by atoms with Gasteiger partial charge >= 0.3 is 11.4 Å². The first-order chi connectivity index (χ1) is 8.90. The van der Waals surface area contributed by atoms with E-state index in [1.54, 1.807) is 0 Å². The van der Waals surface area contributed by atoms with Gasteiger partial charge in [-0.25, -0.2) is 0 Å². The van der Waals surface area contributed by atoms with Crippen LogP contribution in [-0.4, -0.2) is 20.1 Å². The largest absolute Gasteiger partial charge is 0.491 e. The lowest BCUT2D eigenvalue weighted by Gasteiger charge is -2.20. The first kappa shape index (κ1) is 12.4. The maximum Gasteiger partial charge on any atom is 0.344 e. The van der Waals surface area contributed by atoms with Crippen LogP contribution in [0, 0.1) is 20.2 Å². The van der Waals surface area contributed by atoms with Crippen molar-refractivity contribution in [1.82, 2.24) is 10.6 Å². The van der Waals surface area contributed by atoms with Crippen molar-refractivity contribution in [3.05, 3.63) is 66.9 Å². The minimum absolute atomic E-state index is 0.0545. The molecule has 0 spiro atoms. The predicted octanol–water partition coefficient (Wildman–Crippen LogP) is 0.358. The zero-order valence-electron chi connectivity index (χ0n) is 9.28. The lowest BCUT2D eigenvalue weighted by Crippen LogP contribution is -2.32. The molecule has 0 fully saturated rings. The third-order valence-electron chi connectivity index (χ3n) is 2.51. The van der Waals surface area contributed by atoms with Crippen molar-refractivity contribution in [2.24, 2.45) is 0 Å². The second-order valence-electron chi connectivity index (χ2n) is 3.67. The number of allylic oxidation sites excluding steroid dienone is 2. The van der Waals surface area contributed by atoms with Crippen molar-refractivity contribution in [2.75, 3.05) is 0 Å². The highest BCUT2D eigenvalue weighted by Gasteiger charge is 2.31. The number of fused-ring (bicyclic) bond motifs is 1. The molecular formula is C9H8N4O6. The topological polar surface area (TPSA) is 151 Å². The van der Waals surface area contributed by atoms with E-state index in [0.717, 1.165) is 6.08 Å². The lowest BCUT2D eigenvalue weighted by atomic mass is 10.2. The molecular weight excluding hydrogens is 260 g/mol. The molecule has 0 amide bonds. The van der Waals surface area contributed by atoms with E-state index in [-0.39, 0.29) is 17.8 Å². The van der Waals surface area contributed by atoms with Gasteiger partial charge in [0.15, 0.2) is 0 Å². The van der Waals surface area contributed by atoms with Gasteiger partial charge in [-0.15, -0.1) is 0 Å². The summed E-state index contributed by atoms with van der Waals surface area (Å²) in [7, 11) is 0. The summed E-state index contributed by atoms with van der Waals surface area (Å²) in [4.78, 5) is 19.9. The van der Waals surface area contributed by atoms with Crippen molar-refractivity contribution in [3.63, 3.8) is 0 Å². The predicted molar refractivity (Wildman–Crippen MR) is 60.4 cm³/mol. The smallest absolute Gasteiger partial charge is 0.344 e. The van der Waals surface area contributed by atoms with Crippen molar-refractivity contribution in [2.45, 2.75) is 6.42 Å². The molecule has 4 N–H and O–H groups in total. The van der Waals surface area contributed by atoms with Crippen LogP contribution in [0.1, 0.15) is 6.42 Å². The minimum atomic E-state index is -0.876. The normalized spacial score (nSPS) is 18.5. The standard InChI is InChI=1S/C9H8N4O6/c14-8-9(15)11-5-3-7(13(18)19)6(12(16)17)2-1-4(5)10-8/h1,3,10-11,14-15H,2H2. The molecule has 1 heterocycles. The monoisotopic (exact) mass is 268 g/mol. The van der Waals surface area contributed by atoms with Gasteiger partial charge < -0.3 is 20.8 Å². The van der Waals surface area contributed by atoms with Crippen LogP contribution in [0.4, 0.5) is 0 Å². The van der Waals surface area contributed by atoms with Crippen LogP contribution in [0.25, 0.3) is 0 Å². The van der Waals surface area contributed by atoms with Gasteiger partial charge in [-0.05, 0) is 6.08 Å². The van der Waals surface area contributed by atoms with Crippen LogP contribution < -0.4 is 10.6 Å². The van der Waals surface area contributed by atoms with E-state index < -0.39 is 33.0 Å². The van der Waals surface area contributed by atoms with Gasteiger partial charge in [0.25, 0.3) is 11.8 Å². The van der Waals surface area contributed by atoms with Gasteiger partial charge in [-0.2, -0.15) is 0 Å². The number of hydrogen-bond acceptors (Lipinski definition) is 8. The van der Waals surface area contributed by atoms with Crippen LogP contribution in [0.3, 0.4) is 0 Å². The van der Waals surface area contributed by atoms with E-state index in [4.69, 9.17) is 0 Å². The van der Waals surface area contributed by atoms with E-state index >= 15 is 0 Å². The Morgan fingerprint density at radius 2 is 1.63 bits per heavy atom. The molecule has 0 bridgehead atoms. The van der Waals surface area contributed by atoms with Crippen LogP contribution in [0.5, 0.6) is 0 Å². The van der Waals surface area contributed by atoms with Gasteiger partial charge in [0.2, 0.25) is 0 Å². The van der Waals surface area contributed by atoms with E-state index in [2.05, 4.69) is 10.6 Å². The summed E-state index contributed by atoms with van der Waals surface area (Å²) in [5.41, 5.74) is -1.01. The summed E-state index contributed by atoms with van der Waals surface area (Å²) in [5, 5.41) is 44.9. The zero-order valence-corrected chi connectivity index (χ0v) is 9.28. The zero-order chi connectivity index (χ0) is 14.2. The van der Waals surface area contributed by atoms with Gasteiger partial charge in [0, 0.05) is 6.08 Å². The Labute approximate surface area is 105 Å². The molecule has 19 heavy (non-hydrogen) atoms. The average molecular weight is 268 g/mol. The molecule has 0 saturated heterocycles. The number of nitrogens with zero attached hydrogens (tertiary/aromatic N) is 2. The molecule has 0 aromatic rings. The molecule has 0 atom stereocenters. The molecule has 2 rings (SSSR count). The highest BCUT2D eigenvalue weighted by Crippen LogP contribution is 2.24. The molecule has 1 aliphatic heterocycles. The average Bonchev–Trinajstić information content (AvgIpc) is 2.49.